The zero-order valence-electron chi connectivity index (χ0n) is 12.4. The Morgan fingerprint density at radius 2 is 1.83 bits per heavy atom. The Hall–Kier alpha value is -2.61. The van der Waals surface area contributed by atoms with Crippen LogP contribution in [-0.4, -0.2) is 23.9 Å². The molecule has 2 aromatic carbocycles. The molecule has 0 aliphatic heterocycles. The summed E-state index contributed by atoms with van der Waals surface area (Å²) in [5.74, 6) is -0.00748. The van der Waals surface area contributed by atoms with Gasteiger partial charge in [-0.25, -0.2) is 22.0 Å². The number of rotatable bonds is 5. The molecule has 0 bridgehead atoms. The van der Waals surface area contributed by atoms with E-state index in [4.69, 9.17) is 15.1 Å². The Bertz CT molecular complexity index is 1020. The van der Waals surface area contributed by atoms with E-state index in [0.717, 1.165) is 6.07 Å². The van der Waals surface area contributed by atoms with E-state index in [2.05, 4.69) is 4.72 Å². The highest BCUT2D eigenvalue weighted by Gasteiger charge is 2.19. The van der Waals surface area contributed by atoms with Crippen molar-refractivity contribution in [1.82, 2.24) is 0 Å². The summed E-state index contributed by atoms with van der Waals surface area (Å²) < 4.78 is 55.0. The molecule has 0 unspecified atom stereocenters. The molecule has 0 spiro atoms. The second-order valence-electron chi connectivity index (χ2n) is 4.66. The van der Waals surface area contributed by atoms with Crippen LogP contribution in [0.15, 0.2) is 52.3 Å². The number of methoxy groups -OCH3 is 1. The summed E-state index contributed by atoms with van der Waals surface area (Å²) in [5.41, 5.74) is 0.167. The number of benzene rings is 2. The van der Waals surface area contributed by atoms with Crippen molar-refractivity contribution >= 4 is 25.7 Å². The molecular weight excluding hydrogens is 354 g/mol. The number of sulfonamides is 2. The van der Waals surface area contributed by atoms with Crippen LogP contribution in [0.4, 0.5) is 5.69 Å². The molecular formula is C14H13N3O5S2. The minimum Gasteiger partial charge on any atom is -0.495 e. The van der Waals surface area contributed by atoms with Crippen molar-refractivity contribution in [3.8, 4) is 11.8 Å². The van der Waals surface area contributed by atoms with Crippen molar-refractivity contribution in [1.29, 1.82) is 5.26 Å². The lowest BCUT2D eigenvalue weighted by molar-refractivity contribution is 0.403. The number of hydrogen-bond acceptors (Lipinski definition) is 6. The fraction of sp³-hybridized carbons (Fsp3) is 0.0714. The predicted octanol–water partition coefficient (Wildman–Crippen LogP) is 1.02. The van der Waals surface area contributed by atoms with Crippen LogP contribution in [0.5, 0.6) is 5.75 Å². The average molecular weight is 367 g/mol. The van der Waals surface area contributed by atoms with Gasteiger partial charge in [0.05, 0.1) is 29.3 Å². The molecule has 0 fully saturated rings. The third kappa shape index (κ3) is 3.83. The van der Waals surface area contributed by atoms with Crippen LogP contribution in [0, 0.1) is 11.3 Å². The first-order valence-corrected chi connectivity index (χ1v) is 9.44. The molecule has 0 radical (unpaired) electrons. The average Bonchev–Trinajstić information content (AvgIpc) is 2.53. The van der Waals surface area contributed by atoms with Gasteiger partial charge in [0.15, 0.2) is 0 Å². The SMILES string of the molecule is COc1ccc(NS(=O)(=O)c2cccc(C#N)c2)cc1S(N)(=O)=O. The van der Waals surface area contributed by atoms with Crippen LogP contribution in [0.25, 0.3) is 0 Å². The van der Waals surface area contributed by atoms with Crippen molar-refractivity contribution in [3.63, 3.8) is 0 Å². The predicted molar refractivity (Wildman–Crippen MR) is 86.3 cm³/mol. The Kier molecular flexibility index (Phi) is 4.79. The molecule has 10 heteroatoms. The summed E-state index contributed by atoms with van der Waals surface area (Å²) in [5, 5.41) is 13.9. The number of ether oxygens (including phenoxy) is 1. The summed E-state index contributed by atoms with van der Waals surface area (Å²) in [6.07, 6.45) is 0. The number of nitriles is 1. The van der Waals surface area contributed by atoms with Crippen LogP contribution in [-0.2, 0) is 20.0 Å². The van der Waals surface area contributed by atoms with E-state index in [1.165, 1.54) is 43.5 Å². The fourth-order valence-corrected chi connectivity index (χ4v) is 3.73. The van der Waals surface area contributed by atoms with E-state index in [1.54, 1.807) is 0 Å². The summed E-state index contributed by atoms with van der Waals surface area (Å²) in [4.78, 5) is -0.481. The first-order valence-electron chi connectivity index (χ1n) is 6.41. The van der Waals surface area contributed by atoms with Gasteiger partial charge in [-0.05, 0) is 36.4 Å². The standard InChI is InChI=1S/C14H13N3O5S2/c1-22-13-6-5-11(8-14(13)23(16,18)19)17-24(20,21)12-4-2-3-10(7-12)9-15/h2-8,17H,1H3,(H2,16,18,19). The zero-order chi connectivity index (χ0) is 18.0. The van der Waals surface area contributed by atoms with Crippen LogP contribution >= 0.6 is 0 Å². The number of nitrogens with zero attached hydrogens (tertiary/aromatic N) is 1. The molecule has 0 atom stereocenters. The summed E-state index contributed by atoms with van der Waals surface area (Å²) in [7, 11) is -6.84. The molecule has 0 amide bonds. The van der Waals surface area contributed by atoms with Crippen molar-refractivity contribution < 1.29 is 21.6 Å². The van der Waals surface area contributed by atoms with Gasteiger partial charge >= 0.3 is 0 Å². The van der Waals surface area contributed by atoms with Gasteiger partial charge in [-0.15, -0.1) is 0 Å². The molecule has 2 aromatic rings. The zero-order valence-corrected chi connectivity index (χ0v) is 14.1. The van der Waals surface area contributed by atoms with Crippen molar-refractivity contribution in [3.05, 3.63) is 48.0 Å². The monoisotopic (exact) mass is 367 g/mol. The van der Waals surface area contributed by atoms with Gasteiger partial charge in [-0.2, -0.15) is 5.26 Å². The largest absolute Gasteiger partial charge is 0.495 e. The van der Waals surface area contributed by atoms with Gasteiger partial charge in [-0.3, -0.25) is 4.72 Å². The Morgan fingerprint density at radius 1 is 1.12 bits per heavy atom. The minimum absolute atomic E-state index is 0.00748. The lowest BCUT2D eigenvalue weighted by Crippen LogP contribution is -2.16. The molecule has 126 valence electrons. The number of primary sulfonamides is 1. The van der Waals surface area contributed by atoms with Crippen molar-refractivity contribution in [2.24, 2.45) is 5.14 Å². The maximum atomic E-state index is 12.4. The quantitative estimate of drug-likeness (QED) is 0.808. The maximum Gasteiger partial charge on any atom is 0.261 e. The van der Waals surface area contributed by atoms with Crippen molar-refractivity contribution in [2.45, 2.75) is 9.79 Å². The van der Waals surface area contributed by atoms with E-state index in [1.807, 2.05) is 6.07 Å². The molecule has 3 N–H and O–H groups in total. The molecule has 0 saturated heterocycles. The first kappa shape index (κ1) is 17.7. The Balaban J connectivity index is 2.45. The number of nitrogens with two attached hydrogens (primary N) is 1. The molecule has 0 saturated carbocycles. The Labute approximate surface area is 139 Å². The summed E-state index contributed by atoms with van der Waals surface area (Å²) in [6, 6.07) is 10.9. The smallest absolute Gasteiger partial charge is 0.261 e. The lowest BCUT2D eigenvalue weighted by Gasteiger charge is -2.11. The topological polar surface area (TPSA) is 139 Å². The molecule has 0 aromatic heterocycles. The highest BCUT2D eigenvalue weighted by atomic mass is 32.2. The van der Waals surface area contributed by atoms with Crippen molar-refractivity contribution in [2.75, 3.05) is 11.8 Å². The lowest BCUT2D eigenvalue weighted by atomic mass is 10.2. The summed E-state index contributed by atoms with van der Waals surface area (Å²) >= 11 is 0. The van der Waals surface area contributed by atoms with Crippen LogP contribution < -0.4 is 14.6 Å². The second-order valence-corrected chi connectivity index (χ2v) is 7.87. The second kappa shape index (κ2) is 6.48. The first-order chi connectivity index (χ1) is 11.2. The van der Waals surface area contributed by atoms with E-state index in [0.29, 0.717) is 0 Å². The molecule has 24 heavy (non-hydrogen) atoms. The van der Waals surface area contributed by atoms with E-state index in [9.17, 15) is 16.8 Å². The van der Waals surface area contributed by atoms with Gasteiger partial charge in [-0.1, -0.05) is 6.07 Å². The number of nitrogens with one attached hydrogen (secondary N) is 1. The fourth-order valence-electron chi connectivity index (χ4n) is 1.91. The summed E-state index contributed by atoms with van der Waals surface area (Å²) in [6.45, 7) is 0. The highest BCUT2D eigenvalue weighted by molar-refractivity contribution is 7.92. The normalized spacial score (nSPS) is 11.5. The van der Waals surface area contributed by atoms with Gasteiger partial charge in [0, 0.05) is 0 Å². The number of anilines is 1. The Morgan fingerprint density at radius 3 is 2.42 bits per heavy atom. The van der Waals surface area contributed by atoms with Gasteiger partial charge in [0.1, 0.15) is 10.6 Å². The molecule has 0 aliphatic rings. The maximum absolute atomic E-state index is 12.4. The van der Waals surface area contributed by atoms with Gasteiger partial charge < -0.3 is 4.74 Å². The van der Waals surface area contributed by atoms with Gasteiger partial charge in [0.2, 0.25) is 10.0 Å². The van der Waals surface area contributed by atoms with Crippen LogP contribution in [0.2, 0.25) is 0 Å². The molecule has 0 heterocycles. The number of hydrogen-bond donors (Lipinski definition) is 2. The third-order valence-corrected chi connectivity index (χ3v) is 5.31. The van der Waals surface area contributed by atoms with E-state index < -0.39 is 20.0 Å². The third-order valence-electron chi connectivity index (χ3n) is 3.00. The molecule has 8 nitrogen and oxygen atoms in total. The van der Waals surface area contributed by atoms with Crippen LogP contribution in [0.1, 0.15) is 5.56 Å². The molecule has 0 aliphatic carbocycles. The van der Waals surface area contributed by atoms with E-state index >= 15 is 0 Å². The van der Waals surface area contributed by atoms with Crippen LogP contribution in [0.3, 0.4) is 0 Å². The highest BCUT2D eigenvalue weighted by Crippen LogP contribution is 2.27. The van der Waals surface area contributed by atoms with E-state index in [-0.39, 0.29) is 26.8 Å². The molecule has 2 rings (SSSR count). The minimum atomic E-state index is -4.10. The van der Waals surface area contributed by atoms with Gasteiger partial charge in [0.25, 0.3) is 10.0 Å².